The molecule has 0 aliphatic rings. The number of nitrogens with one attached hydrogen (secondary N) is 1. The van der Waals surface area contributed by atoms with Gasteiger partial charge in [0.1, 0.15) is 11.7 Å². The molecule has 0 spiro atoms. The predicted molar refractivity (Wildman–Crippen MR) is 38.9 cm³/mol. The molecule has 1 aromatic rings. The summed E-state index contributed by atoms with van der Waals surface area (Å²) in [5, 5.41) is 7.00. The fourth-order valence-corrected chi connectivity index (χ4v) is 0.754. The van der Waals surface area contributed by atoms with Crippen molar-refractivity contribution in [2.24, 2.45) is 5.73 Å². The summed E-state index contributed by atoms with van der Waals surface area (Å²) in [4.78, 5) is 3.98. The highest BCUT2D eigenvalue weighted by atomic mass is 15.1. The van der Waals surface area contributed by atoms with Gasteiger partial charge in [-0.05, 0) is 6.92 Å². The molecule has 3 N–H and O–H groups in total. The largest absolute Gasteiger partial charge is 0.386 e. The highest BCUT2D eigenvalue weighted by Gasteiger charge is 1.95. The van der Waals surface area contributed by atoms with Crippen LogP contribution in [0.5, 0.6) is 0 Å². The minimum atomic E-state index is 0.154. The zero-order valence-electron chi connectivity index (χ0n) is 5.83. The lowest BCUT2D eigenvalue weighted by Gasteiger charge is -2.00. The van der Waals surface area contributed by atoms with E-state index in [1.54, 1.807) is 12.4 Å². The van der Waals surface area contributed by atoms with Gasteiger partial charge in [-0.2, -0.15) is 0 Å². The number of aryl methyl sites for hydroxylation is 1. The van der Waals surface area contributed by atoms with Crippen LogP contribution in [0.3, 0.4) is 0 Å². The number of hydrogen-bond donors (Lipinski definition) is 2. The summed E-state index contributed by atoms with van der Waals surface area (Å²) >= 11 is 0. The second kappa shape index (κ2) is 2.51. The molecule has 0 bridgehead atoms. The Hall–Kier alpha value is -1.32. The van der Waals surface area contributed by atoms with E-state index in [2.05, 4.69) is 4.98 Å². The van der Waals surface area contributed by atoms with E-state index in [1.807, 2.05) is 11.5 Å². The number of nitrogens with two attached hydrogens (primary N) is 1. The van der Waals surface area contributed by atoms with Crippen molar-refractivity contribution in [2.75, 3.05) is 0 Å². The van der Waals surface area contributed by atoms with Gasteiger partial charge in [0.25, 0.3) is 0 Å². The molecule has 4 heteroatoms. The van der Waals surface area contributed by atoms with Gasteiger partial charge < -0.3 is 10.3 Å². The van der Waals surface area contributed by atoms with Crippen molar-refractivity contribution in [1.29, 1.82) is 5.41 Å². The summed E-state index contributed by atoms with van der Waals surface area (Å²) in [5.74, 6) is 1.04. The lowest BCUT2D eigenvalue weighted by molar-refractivity contribution is 0.798. The smallest absolute Gasteiger partial charge is 0.111 e. The first kappa shape index (κ1) is 6.80. The summed E-state index contributed by atoms with van der Waals surface area (Å²) < 4.78 is 1.82. The van der Waals surface area contributed by atoms with Gasteiger partial charge in [-0.25, -0.2) is 4.98 Å². The van der Waals surface area contributed by atoms with Crippen LogP contribution >= 0.6 is 0 Å². The molecule has 54 valence electrons. The van der Waals surface area contributed by atoms with Crippen LogP contribution in [-0.4, -0.2) is 15.4 Å². The molecule has 0 saturated heterocycles. The Labute approximate surface area is 59.2 Å². The van der Waals surface area contributed by atoms with Crippen LogP contribution in [0.25, 0.3) is 0 Å². The normalized spacial score (nSPS) is 9.70. The van der Waals surface area contributed by atoms with Crippen molar-refractivity contribution < 1.29 is 0 Å². The quantitative estimate of drug-likeness (QED) is 0.450. The van der Waals surface area contributed by atoms with Crippen molar-refractivity contribution >= 4 is 5.84 Å². The molecule has 0 aromatic carbocycles. The van der Waals surface area contributed by atoms with Gasteiger partial charge in [-0.1, -0.05) is 0 Å². The number of nitrogens with zero attached hydrogens (tertiary/aromatic N) is 2. The average Bonchev–Trinajstić information content (AvgIpc) is 2.15. The fraction of sp³-hybridized carbons (Fsp3) is 0.333. The Kier molecular flexibility index (Phi) is 1.71. The van der Waals surface area contributed by atoms with Crippen LogP contribution in [0, 0.1) is 12.3 Å². The zero-order chi connectivity index (χ0) is 7.56. The molecule has 1 aromatic heterocycles. The van der Waals surface area contributed by atoms with Gasteiger partial charge in [-0.15, -0.1) is 0 Å². The highest BCUT2D eigenvalue weighted by molar-refractivity contribution is 5.76. The van der Waals surface area contributed by atoms with Crippen molar-refractivity contribution in [3.8, 4) is 0 Å². The van der Waals surface area contributed by atoms with E-state index >= 15 is 0 Å². The third-order valence-electron chi connectivity index (χ3n) is 1.26. The maximum Gasteiger partial charge on any atom is 0.111 e. The van der Waals surface area contributed by atoms with Crippen LogP contribution in [0.2, 0.25) is 0 Å². The molecule has 0 atom stereocenters. The number of aromatic nitrogens is 2. The number of amidine groups is 1. The van der Waals surface area contributed by atoms with E-state index in [4.69, 9.17) is 11.1 Å². The van der Waals surface area contributed by atoms with E-state index in [1.165, 1.54) is 0 Å². The Balaban J connectivity index is 2.74. The molecule has 0 amide bonds. The molecule has 0 aliphatic heterocycles. The Morgan fingerprint density at radius 1 is 1.90 bits per heavy atom. The van der Waals surface area contributed by atoms with Gasteiger partial charge in [0.15, 0.2) is 0 Å². The van der Waals surface area contributed by atoms with Gasteiger partial charge in [-0.3, -0.25) is 5.41 Å². The van der Waals surface area contributed by atoms with Gasteiger partial charge in [0.2, 0.25) is 0 Å². The lowest BCUT2D eigenvalue weighted by atomic mass is 10.5. The van der Waals surface area contributed by atoms with Crippen molar-refractivity contribution in [3.05, 3.63) is 18.2 Å². The maximum absolute atomic E-state index is 7.00. The molecular formula is C6H10N4. The number of hydrogen-bond acceptors (Lipinski definition) is 2. The van der Waals surface area contributed by atoms with E-state index in [0.717, 1.165) is 5.82 Å². The van der Waals surface area contributed by atoms with Gasteiger partial charge in [0.05, 0.1) is 6.54 Å². The second-order valence-electron chi connectivity index (χ2n) is 2.13. The molecule has 10 heavy (non-hydrogen) atoms. The zero-order valence-corrected chi connectivity index (χ0v) is 5.83. The first-order valence-electron chi connectivity index (χ1n) is 3.01. The standard InChI is InChI=1S/C6H10N4/c1-5-9-2-3-10(5)4-6(7)8/h2-3H,4H2,1H3,(H3,7,8). The van der Waals surface area contributed by atoms with E-state index in [9.17, 15) is 0 Å². The first-order valence-corrected chi connectivity index (χ1v) is 3.01. The van der Waals surface area contributed by atoms with Crippen molar-refractivity contribution in [2.45, 2.75) is 13.5 Å². The minimum absolute atomic E-state index is 0.154. The summed E-state index contributed by atoms with van der Waals surface area (Å²) in [6.45, 7) is 2.31. The van der Waals surface area contributed by atoms with Gasteiger partial charge in [0, 0.05) is 12.4 Å². The molecular weight excluding hydrogens is 128 g/mol. The third kappa shape index (κ3) is 1.34. The van der Waals surface area contributed by atoms with Crippen LogP contribution in [0.4, 0.5) is 0 Å². The Morgan fingerprint density at radius 2 is 2.60 bits per heavy atom. The topological polar surface area (TPSA) is 67.7 Å². The number of rotatable bonds is 2. The fourth-order valence-electron chi connectivity index (χ4n) is 0.754. The third-order valence-corrected chi connectivity index (χ3v) is 1.26. The van der Waals surface area contributed by atoms with E-state index in [0.29, 0.717) is 6.54 Å². The van der Waals surface area contributed by atoms with Crippen LogP contribution in [0.15, 0.2) is 12.4 Å². The summed E-state index contributed by atoms with van der Waals surface area (Å²) in [7, 11) is 0. The lowest BCUT2D eigenvalue weighted by Crippen LogP contribution is -2.17. The predicted octanol–water partition coefficient (Wildman–Crippen LogP) is 0.127. The molecule has 0 aliphatic carbocycles. The molecule has 1 rings (SSSR count). The summed E-state index contributed by atoms with van der Waals surface area (Å²) in [6, 6.07) is 0. The molecule has 0 unspecified atom stereocenters. The van der Waals surface area contributed by atoms with Crippen molar-refractivity contribution in [1.82, 2.24) is 9.55 Å². The monoisotopic (exact) mass is 138 g/mol. The molecule has 0 saturated carbocycles. The highest BCUT2D eigenvalue weighted by Crippen LogP contribution is 1.92. The van der Waals surface area contributed by atoms with Crippen LogP contribution in [-0.2, 0) is 6.54 Å². The second-order valence-corrected chi connectivity index (χ2v) is 2.13. The van der Waals surface area contributed by atoms with Crippen LogP contribution < -0.4 is 5.73 Å². The Bertz CT molecular complexity index is 238. The molecule has 4 nitrogen and oxygen atoms in total. The SMILES string of the molecule is Cc1nccn1CC(=N)N. The Morgan fingerprint density at radius 3 is 3.00 bits per heavy atom. The molecule has 0 radical (unpaired) electrons. The first-order chi connectivity index (χ1) is 4.70. The molecule has 1 heterocycles. The van der Waals surface area contributed by atoms with E-state index < -0.39 is 0 Å². The summed E-state index contributed by atoms with van der Waals surface area (Å²) in [6.07, 6.45) is 3.50. The minimum Gasteiger partial charge on any atom is -0.386 e. The van der Waals surface area contributed by atoms with Gasteiger partial charge >= 0.3 is 0 Å². The van der Waals surface area contributed by atoms with Crippen LogP contribution in [0.1, 0.15) is 5.82 Å². The summed E-state index contributed by atoms with van der Waals surface area (Å²) in [5.41, 5.74) is 5.19. The average molecular weight is 138 g/mol. The number of imidazole rings is 1. The maximum atomic E-state index is 7.00. The van der Waals surface area contributed by atoms with Crippen molar-refractivity contribution in [3.63, 3.8) is 0 Å². The van der Waals surface area contributed by atoms with E-state index in [-0.39, 0.29) is 5.84 Å². The molecule has 0 fully saturated rings.